The van der Waals surface area contributed by atoms with E-state index < -0.39 is 0 Å². The Morgan fingerprint density at radius 1 is 0.875 bits per heavy atom. The van der Waals surface area contributed by atoms with E-state index in [1.165, 1.54) is 97.2 Å². The number of hydrogen-bond donors (Lipinski definition) is 1. The zero-order valence-electron chi connectivity index (χ0n) is 22.4. The maximum absolute atomic E-state index is 5.53. The van der Waals surface area contributed by atoms with Crippen LogP contribution in [0.5, 0.6) is 0 Å². The van der Waals surface area contributed by atoms with Gasteiger partial charge in [0.1, 0.15) is 0 Å². The van der Waals surface area contributed by atoms with Crippen molar-refractivity contribution in [3.05, 3.63) is 7.05 Å². The number of nitrogens with zero attached hydrogens (tertiary/aromatic N) is 4. The first-order chi connectivity index (χ1) is 14.9. The van der Waals surface area contributed by atoms with Gasteiger partial charge in [-0.25, -0.2) is 0 Å². The van der Waals surface area contributed by atoms with Crippen molar-refractivity contribution in [2.24, 2.45) is 29.4 Å². The van der Waals surface area contributed by atoms with Crippen LogP contribution < -0.4 is 57.1 Å². The van der Waals surface area contributed by atoms with Crippen molar-refractivity contribution in [3.63, 3.8) is 0 Å². The molecule has 5 nitrogen and oxygen atoms in total. The van der Waals surface area contributed by atoms with E-state index in [9.17, 15) is 0 Å². The Kier molecular flexibility index (Phi) is 17.5. The van der Waals surface area contributed by atoms with Crippen LogP contribution in [0.1, 0.15) is 65.2 Å². The van der Waals surface area contributed by atoms with E-state index in [0.29, 0.717) is 6.67 Å². The van der Waals surface area contributed by atoms with Gasteiger partial charge in [-0.3, -0.25) is 11.9 Å². The number of rotatable bonds is 8. The number of nitrogens with two attached hydrogens (primary N) is 1. The summed E-state index contributed by atoms with van der Waals surface area (Å²) >= 11 is 0. The van der Waals surface area contributed by atoms with E-state index in [0.717, 1.165) is 30.2 Å². The third kappa shape index (κ3) is 13.5. The van der Waals surface area contributed by atoms with Crippen LogP contribution in [-0.4, -0.2) is 92.7 Å². The molecule has 3 aliphatic heterocycles. The Bertz CT molecular complexity index is 439. The first kappa shape index (κ1) is 31.5. The number of piperidine rings is 3. The van der Waals surface area contributed by atoms with Gasteiger partial charge in [0, 0.05) is 13.2 Å². The summed E-state index contributed by atoms with van der Waals surface area (Å²) in [5.74, 6) is 3.76. The van der Waals surface area contributed by atoms with Crippen molar-refractivity contribution in [1.82, 2.24) is 19.6 Å². The molecule has 0 bridgehead atoms. The summed E-state index contributed by atoms with van der Waals surface area (Å²) in [6.45, 7) is 15.5. The van der Waals surface area contributed by atoms with Crippen LogP contribution in [0.3, 0.4) is 0 Å². The average Bonchev–Trinajstić information content (AvgIpc) is 2.76. The Hall–Kier alpha value is 1.44. The molecule has 0 saturated carbocycles. The van der Waals surface area contributed by atoms with E-state index >= 15 is 0 Å². The summed E-state index contributed by atoms with van der Waals surface area (Å²) < 4.78 is 0. The van der Waals surface area contributed by atoms with E-state index in [1.807, 2.05) is 0 Å². The van der Waals surface area contributed by atoms with Gasteiger partial charge in [-0.05, 0) is 135 Å². The van der Waals surface area contributed by atoms with Crippen molar-refractivity contribution >= 4 is 0 Å². The Morgan fingerprint density at radius 2 is 1.38 bits per heavy atom. The molecule has 3 fully saturated rings. The van der Waals surface area contributed by atoms with Crippen LogP contribution in [-0.2, 0) is 0 Å². The van der Waals surface area contributed by atoms with Crippen molar-refractivity contribution < 1.29 is 51.4 Å². The molecule has 2 N–H and O–H groups in total. The molecule has 184 valence electrons. The molecule has 0 unspecified atom stereocenters. The van der Waals surface area contributed by atoms with E-state index in [-0.39, 0.29) is 51.4 Å². The number of likely N-dealkylation sites (tertiary alicyclic amines) is 3. The van der Waals surface area contributed by atoms with Gasteiger partial charge in [0.25, 0.3) is 0 Å². The van der Waals surface area contributed by atoms with Crippen molar-refractivity contribution in [3.8, 4) is 0 Å². The normalized spacial score (nSPS) is 23.2. The summed E-state index contributed by atoms with van der Waals surface area (Å²) in [5, 5.41) is 0. The predicted molar refractivity (Wildman–Crippen MR) is 135 cm³/mol. The second-order valence-electron chi connectivity index (χ2n) is 11.2. The molecule has 0 aromatic heterocycles. The predicted octanol–water partition coefficient (Wildman–Crippen LogP) is 0.818. The SMILES string of the molecule is CN(CN)CCC1CCN(C)CC1.[CH2-]N1CCC(CC2CCN(CC(C)C)CC2)CC1.[K+]. The second kappa shape index (κ2) is 17.8. The van der Waals surface area contributed by atoms with Gasteiger partial charge in [0.2, 0.25) is 0 Å². The maximum atomic E-state index is 5.53. The monoisotopic (exact) mass is 475 g/mol. The van der Waals surface area contributed by atoms with E-state index in [1.54, 1.807) is 0 Å². The van der Waals surface area contributed by atoms with Gasteiger partial charge >= 0.3 is 51.4 Å². The molecular formula is C26H54KN5. The fourth-order valence-electron chi connectivity index (χ4n) is 5.46. The molecule has 0 amide bonds. The molecule has 0 aromatic carbocycles. The third-order valence-corrected chi connectivity index (χ3v) is 7.77. The Morgan fingerprint density at radius 3 is 1.88 bits per heavy atom. The van der Waals surface area contributed by atoms with Gasteiger partial charge in [-0.1, -0.05) is 13.8 Å². The van der Waals surface area contributed by atoms with Crippen molar-refractivity contribution in [1.29, 1.82) is 0 Å². The van der Waals surface area contributed by atoms with Gasteiger partial charge < -0.3 is 20.4 Å². The van der Waals surface area contributed by atoms with Gasteiger partial charge in [-0.15, -0.1) is 0 Å². The van der Waals surface area contributed by atoms with Crippen LogP contribution in [0.2, 0.25) is 0 Å². The molecule has 3 aliphatic rings. The molecule has 3 rings (SSSR count). The van der Waals surface area contributed by atoms with Crippen LogP contribution in [0.15, 0.2) is 0 Å². The zero-order valence-corrected chi connectivity index (χ0v) is 25.5. The maximum Gasteiger partial charge on any atom is 1.00 e. The summed E-state index contributed by atoms with van der Waals surface area (Å²) in [7, 11) is 8.35. The topological polar surface area (TPSA) is 39.0 Å². The summed E-state index contributed by atoms with van der Waals surface area (Å²) in [6.07, 6.45) is 11.2. The van der Waals surface area contributed by atoms with E-state index in [2.05, 4.69) is 54.6 Å². The minimum absolute atomic E-state index is 0. The molecule has 0 spiro atoms. The van der Waals surface area contributed by atoms with Crippen LogP contribution in [0, 0.1) is 30.7 Å². The molecule has 0 radical (unpaired) electrons. The quantitative estimate of drug-likeness (QED) is 0.320. The second-order valence-corrected chi connectivity index (χ2v) is 11.2. The van der Waals surface area contributed by atoms with Crippen molar-refractivity contribution in [2.45, 2.75) is 65.2 Å². The van der Waals surface area contributed by atoms with Gasteiger partial charge in [-0.2, -0.15) is 0 Å². The molecular weight excluding hydrogens is 421 g/mol. The minimum atomic E-state index is 0. The van der Waals surface area contributed by atoms with Crippen LogP contribution in [0.25, 0.3) is 0 Å². The largest absolute Gasteiger partial charge is 1.00 e. The summed E-state index contributed by atoms with van der Waals surface area (Å²) in [4.78, 5) is 9.52. The summed E-state index contributed by atoms with van der Waals surface area (Å²) in [6, 6.07) is 0. The van der Waals surface area contributed by atoms with Gasteiger partial charge in [0.15, 0.2) is 0 Å². The first-order valence-corrected chi connectivity index (χ1v) is 13.2. The molecule has 0 aromatic rings. The Balaban J connectivity index is 0.000000327. The van der Waals surface area contributed by atoms with Gasteiger partial charge in [0.05, 0.1) is 0 Å². The molecule has 6 heteroatoms. The summed E-state index contributed by atoms with van der Waals surface area (Å²) in [5.41, 5.74) is 5.53. The Labute approximate surface area is 243 Å². The smallest absolute Gasteiger partial charge is 0.459 e. The molecule has 3 heterocycles. The first-order valence-electron chi connectivity index (χ1n) is 13.2. The standard InChI is InChI=1S/C16H31N2.C10H23N3.K/c1-14(2)13-18-10-6-16(7-11-18)12-15-4-8-17(3)9-5-15;1-12-6-3-10(4-7-12)5-8-13(2)9-11;/h14-16H,3-13H2,1-2H3;10H,3-9,11H2,1-2H3;/q-1;;+1. The molecule has 0 aliphatic carbocycles. The molecule has 3 saturated heterocycles. The third-order valence-electron chi connectivity index (χ3n) is 7.77. The zero-order chi connectivity index (χ0) is 22.6. The molecule has 32 heavy (non-hydrogen) atoms. The van der Waals surface area contributed by atoms with E-state index in [4.69, 9.17) is 5.73 Å². The average molecular weight is 476 g/mol. The molecule has 0 atom stereocenters. The number of hydrogen-bond acceptors (Lipinski definition) is 5. The fraction of sp³-hybridized carbons (Fsp3) is 0.962. The van der Waals surface area contributed by atoms with Crippen LogP contribution >= 0.6 is 0 Å². The van der Waals surface area contributed by atoms with Crippen LogP contribution in [0.4, 0.5) is 0 Å². The fourth-order valence-corrected chi connectivity index (χ4v) is 5.46. The minimum Gasteiger partial charge on any atom is -0.459 e. The van der Waals surface area contributed by atoms with Crippen molar-refractivity contribution in [2.75, 3.05) is 73.1 Å².